The molecule has 0 aliphatic rings. The molecule has 0 saturated heterocycles. The van der Waals surface area contributed by atoms with Crippen LogP contribution in [0.5, 0.6) is 5.75 Å². The fourth-order valence-corrected chi connectivity index (χ4v) is 2.14. The van der Waals surface area contributed by atoms with Gasteiger partial charge in [-0.2, -0.15) is 8.78 Å². The van der Waals surface area contributed by atoms with Gasteiger partial charge in [0.1, 0.15) is 5.75 Å². The first-order chi connectivity index (χ1) is 9.56. The molecule has 1 aromatic carbocycles. The quantitative estimate of drug-likeness (QED) is 0.752. The molecule has 0 fully saturated rings. The SMILES string of the molecule is CCCC(COC)NCc1cc(Cl)ccc1OC(F)F. The van der Waals surface area contributed by atoms with E-state index in [0.717, 1.165) is 12.8 Å². The van der Waals surface area contributed by atoms with E-state index in [2.05, 4.69) is 17.0 Å². The first-order valence-corrected chi connectivity index (χ1v) is 6.90. The van der Waals surface area contributed by atoms with Crippen LogP contribution in [-0.4, -0.2) is 26.4 Å². The minimum absolute atomic E-state index is 0.143. The number of alkyl halides is 2. The zero-order chi connectivity index (χ0) is 15.0. The fourth-order valence-electron chi connectivity index (χ4n) is 1.95. The lowest BCUT2D eigenvalue weighted by molar-refractivity contribution is -0.0505. The fraction of sp³-hybridized carbons (Fsp3) is 0.571. The molecule has 0 saturated carbocycles. The van der Waals surface area contributed by atoms with Crippen LogP contribution >= 0.6 is 11.6 Å². The number of methoxy groups -OCH3 is 1. The number of hydrogen-bond acceptors (Lipinski definition) is 3. The van der Waals surface area contributed by atoms with Gasteiger partial charge in [-0.25, -0.2) is 0 Å². The Balaban J connectivity index is 2.71. The Bertz CT molecular complexity index is 399. The zero-order valence-electron chi connectivity index (χ0n) is 11.7. The highest BCUT2D eigenvalue weighted by atomic mass is 35.5. The molecule has 20 heavy (non-hydrogen) atoms. The number of rotatable bonds is 9. The number of nitrogens with one attached hydrogen (secondary N) is 1. The van der Waals surface area contributed by atoms with Crippen molar-refractivity contribution in [3.05, 3.63) is 28.8 Å². The van der Waals surface area contributed by atoms with Crippen LogP contribution in [0, 0.1) is 0 Å². The van der Waals surface area contributed by atoms with E-state index < -0.39 is 6.61 Å². The number of hydrogen-bond donors (Lipinski definition) is 1. The average Bonchev–Trinajstić information content (AvgIpc) is 2.39. The highest BCUT2D eigenvalue weighted by Gasteiger charge is 2.12. The lowest BCUT2D eigenvalue weighted by Crippen LogP contribution is -2.32. The Labute approximate surface area is 123 Å². The van der Waals surface area contributed by atoms with Crippen molar-refractivity contribution in [3.8, 4) is 5.75 Å². The van der Waals surface area contributed by atoms with Crippen molar-refractivity contribution >= 4 is 11.6 Å². The summed E-state index contributed by atoms with van der Waals surface area (Å²) in [6, 6.07) is 4.78. The predicted molar refractivity (Wildman–Crippen MR) is 75.5 cm³/mol. The van der Waals surface area contributed by atoms with Gasteiger partial charge in [0.15, 0.2) is 0 Å². The summed E-state index contributed by atoms with van der Waals surface area (Å²) in [5, 5.41) is 3.76. The summed E-state index contributed by atoms with van der Waals surface area (Å²) in [6.07, 6.45) is 1.95. The molecule has 114 valence electrons. The summed E-state index contributed by atoms with van der Waals surface area (Å²) in [5.74, 6) is 0.143. The van der Waals surface area contributed by atoms with Gasteiger partial charge < -0.3 is 14.8 Å². The second-order valence-corrected chi connectivity index (χ2v) is 4.89. The molecule has 0 bridgehead atoms. The predicted octanol–water partition coefficient (Wildman–Crippen LogP) is 3.85. The highest BCUT2D eigenvalue weighted by Crippen LogP contribution is 2.24. The first-order valence-electron chi connectivity index (χ1n) is 6.52. The largest absolute Gasteiger partial charge is 0.434 e. The van der Waals surface area contributed by atoms with Crippen LogP contribution in [0.2, 0.25) is 5.02 Å². The lowest BCUT2D eigenvalue weighted by atomic mass is 10.1. The van der Waals surface area contributed by atoms with Gasteiger partial charge in [-0.05, 0) is 24.6 Å². The van der Waals surface area contributed by atoms with Crippen molar-refractivity contribution in [2.75, 3.05) is 13.7 Å². The second-order valence-electron chi connectivity index (χ2n) is 4.45. The zero-order valence-corrected chi connectivity index (χ0v) is 12.4. The lowest BCUT2D eigenvalue weighted by Gasteiger charge is -2.18. The molecule has 0 heterocycles. The summed E-state index contributed by atoms with van der Waals surface area (Å²) < 4.78 is 34.3. The van der Waals surface area contributed by atoms with Crippen molar-refractivity contribution in [2.45, 2.75) is 39.0 Å². The van der Waals surface area contributed by atoms with Crippen LogP contribution < -0.4 is 10.1 Å². The van der Waals surface area contributed by atoms with E-state index in [0.29, 0.717) is 23.7 Å². The van der Waals surface area contributed by atoms with Gasteiger partial charge in [0.25, 0.3) is 0 Å². The molecular formula is C14H20ClF2NO2. The van der Waals surface area contributed by atoms with E-state index >= 15 is 0 Å². The van der Waals surface area contributed by atoms with Crippen LogP contribution in [0.1, 0.15) is 25.3 Å². The van der Waals surface area contributed by atoms with Gasteiger partial charge in [0, 0.05) is 30.3 Å². The number of ether oxygens (including phenoxy) is 2. The number of benzene rings is 1. The Morgan fingerprint density at radius 2 is 2.10 bits per heavy atom. The normalized spacial score (nSPS) is 12.7. The third kappa shape index (κ3) is 6.03. The molecule has 0 aromatic heterocycles. The van der Waals surface area contributed by atoms with Gasteiger partial charge >= 0.3 is 6.61 Å². The third-order valence-electron chi connectivity index (χ3n) is 2.82. The minimum atomic E-state index is -2.85. The maximum absolute atomic E-state index is 12.3. The van der Waals surface area contributed by atoms with Crippen molar-refractivity contribution < 1.29 is 18.3 Å². The van der Waals surface area contributed by atoms with Crippen molar-refractivity contribution in [3.63, 3.8) is 0 Å². The van der Waals surface area contributed by atoms with E-state index in [1.807, 2.05) is 0 Å². The summed E-state index contributed by atoms with van der Waals surface area (Å²) in [4.78, 5) is 0. The van der Waals surface area contributed by atoms with E-state index in [4.69, 9.17) is 16.3 Å². The van der Waals surface area contributed by atoms with E-state index in [1.165, 1.54) is 12.1 Å². The third-order valence-corrected chi connectivity index (χ3v) is 3.06. The van der Waals surface area contributed by atoms with Crippen LogP contribution in [0.4, 0.5) is 8.78 Å². The molecule has 3 nitrogen and oxygen atoms in total. The Morgan fingerprint density at radius 1 is 1.35 bits per heavy atom. The Hall–Kier alpha value is -0.910. The molecule has 1 rings (SSSR count). The maximum atomic E-state index is 12.3. The molecule has 0 amide bonds. The summed E-state index contributed by atoms with van der Waals surface area (Å²) >= 11 is 5.90. The molecule has 0 spiro atoms. The number of halogens is 3. The molecule has 1 atom stereocenters. The average molecular weight is 308 g/mol. The van der Waals surface area contributed by atoms with E-state index in [1.54, 1.807) is 13.2 Å². The molecule has 0 radical (unpaired) electrons. The van der Waals surface area contributed by atoms with Crippen molar-refractivity contribution in [1.29, 1.82) is 0 Å². The van der Waals surface area contributed by atoms with Crippen LogP contribution in [0.3, 0.4) is 0 Å². The standard InChI is InChI=1S/C14H20ClF2NO2/c1-3-4-12(9-19-2)18-8-10-7-11(15)5-6-13(10)20-14(16)17/h5-7,12,14,18H,3-4,8-9H2,1-2H3. The summed E-state index contributed by atoms with van der Waals surface area (Å²) in [7, 11) is 1.63. The van der Waals surface area contributed by atoms with Gasteiger partial charge in [0.2, 0.25) is 0 Å². The smallest absolute Gasteiger partial charge is 0.387 e. The molecule has 1 N–H and O–H groups in total. The molecule has 6 heteroatoms. The molecule has 0 aliphatic heterocycles. The molecule has 0 aliphatic carbocycles. The monoisotopic (exact) mass is 307 g/mol. The topological polar surface area (TPSA) is 30.5 Å². The van der Waals surface area contributed by atoms with Crippen molar-refractivity contribution in [2.24, 2.45) is 0 Å². The van der Waals surface area contributed by atoms with Gasteiger partial charge in [-0.1, -0.05) is 24.9 Å². The molecule has 1 aromatic rings. The van der Waals surface area contributed by atoms with Crippen LogP contribution in [-0.2, 0) is 11.3 Å². The molecule has 1 unspecified atom stereocenters. The molecular weight excluding hydrogens is 288 g/mol. The van der Waals surface area contributed by atoms with Crippen LogP contribution in [0.25, 0.3) is 0 Å². The Morgan fingerprint density at radius 3 is 2.70 bits per heavy atom. The van der Waals surface area contributed by atoms with Crippen molar-refractivity contribution in [1.82, 2.24) is 5.32 Å². The summed E-state index contributed by atoms with van der Waals surface area (Å²) in [5.41, 5.74) is 0.606. The maximum Gasteiger partial charge on any atom is 0.387 e. The Kier molecular flexibility index (Phi) is 7.80. The minimum Gasteiger partial charge on any atom is -0.434 e. The second kappa shape index (κ2) is 9.10. The highest BCUT2D eigenvalue weighted by molar-refractivity contribution is 6.30. The van der Waals surface area contributed by atoms with E-state index in [-0.39, 0.29) is 11.8 Å². The van der Waals surface area contributed by atoms with E-state index in [9.17, 15) is 8.78 Å². The van der Waals surface area contributed by atoms with Crippen LogP contribution in [0.15, 0.2) is 18.2 Å². The van der Waals surface area contributed by atoms with Gasteiger partial charge in [-0.15, -0.1) is 0 Å². The van der Waals surface area contributed by atoms with Gasteiger partial charge in [0.05, 0.1) is 6.61 Å². The van der Waals surface area contributed by atoms with Gasteiger partial charge in [-0.3, -0.25) is 0 Å². The summed E-state index contributed by atoms with van der Waals surface area (Å²) in [6.45, 7) is 0.200. The first kappa shape index (κ1) is 17.1.